The Morgan fingerprint density at radius 1 is 1.33 bits per heavy atom. The van der Waals surface area contributed by atoms with Gasteiger partial charge in [0.1, 0.15) is 0 Å². The number of hydrogen-bond donors (Lipinski definition) is 1. The van der Waals surface area contributed by atoms with E-state index in [4.69, 9.17) is 0 Å². The largest absolute Gasteiger partial charge is 0.346 e. The fourth-order valence-electron chi connectivity index (χ4n) is 1.01. The normalized spacial score (nSPS) is 12.8. The lowest BCUT2D eigenvalue weighted by Gasteiger charge is -2.18. The van der Waals surface area contributed by atoms with Crippen molar-refractivity contribution >= 4 is 11.7 Å². The molecule has 3 nitrogen and oxygen atoms in total. The molecule has 1 amide bonds. The van der Waals surface area contributed by atoms with Crippen molar-refractivity contribution in [2.45, 2.75) is 40.2 Å². The van der Waals surface area contributed by atoms with Crippen molar-refractivity contribution < 1.29 is 9.59 Å². The number of carbonyl (C=O) groups excluding carboxylic acids is 2. The van der Waals surface area contributed by atoms with E-state index in [9.17, 15) is 9.59 Å². The van der Waals surface area contributed by atoms with E-state index in [-0.39, 0.29) is 23.7 Å². The zero-order valence-corrected chi connectivity index (χ0v) is 8.18. The van der Waals surface area contributed by atoms with Crippen LogP contribution >= 0.6 is 0 Å². The molecule has 0 aromatic carbocycles. The van der Waals surface area contributed by atoms with Crippen LogP contribution in [0.15, 0.2) is 0 Å². The minimum atomic E-state index is -0.322. The van der Waals surface area contributed by atoms with Crippen molar-refractivity contribution in [3.8, 4) is 0 Å². The van der Waals surface area contributed by atoms with E-state index >= 15 is 0 Å². The summed E-state index contributed by atoms with van der Waals surface area (Å²) >= 11 is 0. The Hall–Kier alpha value is -0.860. The average Bonchev–Trinajstić information content (AvgIpc) is 1.98. The Kier molecular flexibility index (Phi) is 4.55. The van der Waals surface area contributed by atoms with Crippen molar-refractivity contribution in [2.75, 3.05) is 0 Å². The van der Waals surface area contributed by atoms with Gasteiger partial charge in [-0.3, -0.25) is 9.59 Å². The molecule has 0 saturated heterocycles. The van der Waals surface area contributed by atoms with E-state index in [2.05, 4.69) is 5.32 Å². The minimum absolute atomic E-state index is 0.0202. The highest BCUT2D eigenvalue weighted by molar-refractivity contribution is 5.87. The van der Waals surface area contributed by atoms with Gasteiger partial charge in [0.15, 0.2) is 5.78 Å². The Balaban J connectivity index is 4.14. The first-order chi connectivity index (χ1) is 5.49. The van der Waals surface area contributed by atoms with Gasteiger partial charge >= 0.3 is 0 Å². The first-order valence-corrected chi connectivity index (χ1v) is 4.28. The zero-order valence-electron chi connectivity index (χ0n) is 8.18. The Bertz CT molecular complexity index is 175. The van der Waals surface area contributed by atoms with Gasteiger partial charge in [-0.25, -0.2) is 0 Å². The second-order valence-electron chi connectivity index (χ2n) is 3.25. The van der Waals surface area contributed by atoms with Gasteiger partial charge in [-0.15, -0.1) is 0 Å². The van der Waals surface area contributed by atoms with E-state index in [1.807, 2.05) is 13.8 Å². The Labute approximate surface area is 73.5 Å². The predicted molar refractivity (Wildman–Crippen MR) is 47.7 cm³/mol. The lowest BCUT2D eigenvalue weighted by atomic mass is 10.0. The molecule has 0 aromatic rings. The Morgan fingerprint density at radius 2 is 1.83 bits per heavy atom. The molecule has 3 heteroatoms. The highest BCUT2D eigenvalue weighted by Gasteiger charge is 2.19. The summed E-state index contributed by atoms with van der Waals surface area (Å²) in [4.78, 5) is 22.0. The second kappa shape index (κ2) is 4.91. The molecule has 0 fully saturated rings. The minimum Gasteiger partial charge on any atom is -0.346 e. The van der Waals surface area contributed by atoms with Gasteiger partial charge in [-0.2, -0.15) is 0 Å². The van der Waals surface area contributed by atoms with Gasteiger partial charge < -0.3 is 5.32 Å². The molecule has 70 valence electrons. The molecule has 0 radical (unpaired) electrons. The molecule has 0 aliphatic carbocycles. The van der Waals surface area contributed by atoms with Crippen LogP contribution in [0, 0.1) is 5.92 Å². The molecule has 0 aromatic heterocycles. The molecule has 0 heterocycles. The second-order valence-corrected chi connectivity index (χ2v) is 3.25. The molecule has 12 heavy (non-hydrogen) atoms. The van der Waals surface area contributed by atoms with Gasteiger partial charge in [0.05, 0.1) is 6.04 Å². The van der Waals surface area contributed by atoms with Crippen LogP contribution in [0.4, 0.5) is 0 Å². The fraction of sp³-hybridized carbons (Fsp3) is 0.778. The van der Waals surface area contributed by atoms with Crippen molar-refractivity contribution in [3.05, 3.63) is 0 Å². The molecule has 0 spiro atoms. The number of nitrogens with one attached hydrogen (secondary N) is 1. The van der Waals surface area contributed by atoms with E-state index in [1.165, 1.54) is 6.92 Å². The quantitative estimate of drug-likeness (QED) is 0.689. The lowest BCUT2D eigenvalue weighted by Crippen LogP contribution is -2.43. The van der Waals surface area contributed by atoms with Crippen molar-refractivity contribution in [2.24, 2.45) is 5.92 Å². The van der Waals surface area contributed by atoms with Gasteiger partial charge in [-0.1, -0.05) is 20.8 Å². The summed E-state index contributed by atoms with van der Waals surface area (Å²) in [6, 6.07) is -0.322. The van der Waals surface area contributed by atoms with Crippen LogP contribution in [-0.4, -0.2) is 17.7 Å². The van der Waals surface area contributed by atoms with Crippen LogP contribution in [-0.2, 0) is 9.59 Å². The topological polar surface area (TPSA) is 46.2 Å². The highest BCUT2D eigenvalue weighted by Crippen LogP contribution is 2.02. The van der Waals surface area contributed by atoms with E-state index in [0.717, 1.165) is 0 Å². The Morgan fingerprint density at radius 3 is 2.08 bits per heavy atom. The van der Waals surface area contributed by atoms with Gasteiger partial charge in [-0.05, 0) is 12.8 Å². The van der Waals surface area contributed by atoms with Gasteiger partial charge in [0, 0.05) is 6.42 Å². The monoisotopic (exact) mass is 171 g/mol. The third-order valence-electron chi connectivity index (χ3n) is 1.74. The number of carbonyl (C=O) groups is 2. The standard InChI is InChI=1S/C9H17NO2/c1-5-8(12)10-9(6(2)3)7(4)11/h6,9H,5H2,1-4H3,(H,10,12). The van der Waals surface area contributed by atoms with Gasteiger partial charge in [0.2, 0.25) is 5.91 Å². The molecule has 0 aliphatic rings. The summed E-state index contributed by atoms with van der Waals surface area (Å²) in [6.07, 6.45) is 0.427. The smallest absolute Gasteiger partial charge is 0.220 e. The number of amides is 1. The average molecular weight is 171 g/mol. The molecule has 0 aliphatic heterocycles. The van der Waals surface area contributed by atoms with Crippen LogP contribution in [0.2, 0.25) is 0 Å². The first-order valence-electron chi connectivity index (χ1n) is 4.28. The summed E-state index contributed by atoms with van der Waals surface area (Å²) in [7, 11) is 0. The molecular formula is C9H17NO2. The number of ketones is 1. The molecular weight excluding hydrogens is 154 g/mol. The number of rotatable bonds is 4. The van der Waals surface area contributed by atoms with Crippen molar-refractivity contribution in [3.63, 3.8) is 0 Å². The molecule has 1 N–H and O–H groups in total. The van der Waals surface area contributed by atoms with Crippen LogP contribution in [0.25, 0.3) is 0 Å². The van der Waals surface area contributed by atoms with Crippen molar-refractivity contribution in [1.29, 1.82) is 0 Å². The number of Topliss-reactive ketones (excluding diaryl/α,β-unsaturated/α-hetero) is 1. The SMILES string of the molecule is CCC(=O)NC(C(C)=O)C(C)C. The molecule has 1 atom stereocenters. The predicted octanol–water partition coefficient (Wildman–Crippen LogP) is 1.13. The summed E-state index contributed by atoms with van der Waals surface area (Å²) < 4.78 is 0. The molecule has 0 bridgehead atoms. The van der Waals surface area contributed by atoms with E-state index in [0.29, 0.717) is 6.42 Å². The first kappa shape index (κ1) is 11.1. The highest BCUT2D eigenvalue weighted by atomic mass is 16.2. The molecule has 0 rings (SSSR count). The number of hydrogen-bond acceptors (Lipinski definition) is 2. The summed E-state index contributed by atoms with van der Waals surface area (Å²) in [5, 5.41) is 2.68. The van der Waals surface area contributed by atoms with Crippen molar-refractivity contribution in [1.82, 2.24) is 5.32 Å². The van der Waals surface area contributed by atoms with Crippen LogP contribution < -0.4 is 5.32 Å². The molecule has 0 saturated carbocycles. The maximum atomic E-state index is 11.0. The van der Waals surface area contributed by atoms with Gasteiger partial charge in [0.25, 0.3) is 0 Å². The summed E-state index contributed by atoms with van der Waals surface area (Å²) in [5.74, 6) is 0.119. The van der Waals surface area contributed by atoms with Crippen LogP contribution in [0.1, 0.15) is 34.1 Å². The third kappa shape index (κ3) is 3.51. The summed E-state index contributed by atoms with van der Waals surface area (Å²) in [6.45, 7) is 7.11. The fourth-order valence-corrected chi connectivity index (χ4v) is 1.01. The van der Waals surface area contributed by atoms with E-state index < -0.39 is 0 Å². The maximum absolute atomic E-state index is 11.0. The van der Waals surface area contributed by atoms with Crippen LogP contribution in [0.5, 0.6) is 0 Å². The maximum Gasteiger partial charge on any atom is 0.220 e. The van der Waals surface area contributed by atoms with Crippen LogP contribution in [0.3, 0.4) is 0 Å². The summed E-state index contributed by atoms with van der Waals surface area (Å²) in [5.41, 5.74) is 0. The molecule has 1 unspecified atom stereocenters. The lowest BCUT2D eigenvalue weighted by molar-refractivity contribution is -0.127. The zero-order chi connectivity index (χ0) is 9.72. The van der Waals surface area contributed by atoms with E-state index in [1.54, 1.807) is 6.92 Å². The third-order valence-corrected chi connectivity index (χ3v) is 1.74.